The third-order valence-electron chi connectivity index (χ3n) is 6.68. The molecule has 2 unspecified atom stereocenters. The van der Waals surface area contributed by atoms with Gasteiger partial charge in [-0.05, 0) is 56.4 Å². The van der Waals surface area contributed by atoms with Crippen LogP contribution in [0.25, 0.3) is 0 Å². The minimum atomic E-state index is -0.267. The molecule has 0 radical (unpaired) electrons. The summed E-state index contributed by atoms with van der Waals surface area (Å²) in [6, 6.07) is 0. The Balaban J connectivity index is 1.42. The van der Waals surface area contributed by atoms with Crippen molar-refractivity contribution in [3.63, 3.8) is 0 Å². The van der Waals surface area contributed by atoms with Gasteiger partial charge in [0, 0.05) is 32.5 Å². The summed E-state index contributed by atoms with van der Waals surface area (Å²) in [5.74, 6) is 0.530. The third-order valence-corrected chi connectivity index (χ3v) is 6.68. The smallest absolute Gasteiger partial charge is 0.168 e. The molecule has 0 bridgehead atoms. The fourth-order valence-corrected chi connectivity index (χ4v) is 4.96. The van der Waals surface area contributed by atoms with Gasteiger partial charge in [-0.2, -0.15) is 0 Å². The van der Waals surface area contributed by atoms with Gasteiger partial charge in [-0.15, -0.1) is 0 Å². The van der Waals surface area contributed by atoms with Gasteiger partial charge in [0.05, 0.1) is 18.8 Å². The van der Waals surface area contributed by atoms with E-state index in [1.54, 1.807) is 0 Å². The Kier molecular flexibility index (Phi) is 7.04. The molecule has 0 aromatic heterocycles. The normalized spacial score (nSPS) is 35.7. The second kappa shape index (κ2) is 8.89. The predicted octanol–water partition coefficient (Wildman–Crippen LogP) is 4.62. The molecule has 0 aromatic rings. The lowest BCUT2D eigenvalue weighted by Crippen LogP contribution is -2.39. The number of hydrogen-bond donors (Lipinski definition) is 0. The van der Waals surface area contributed by atoms with Crippen molar-refractivity contribution in [1.29, 1.82) is 0 Å². The van der Waals surface area contributed by atoms with Crippen LogP contribution in [0.4, 0.5) is 0 Å². The predicted molar refractivity (Wildman–Crippen MR) is 105 cm³/mol. The summed E-state index contributed by atoms with van der Waals surface area (Å²) >= 11 is 0. The molecule has 2 aliphatic heterocycles. The molecular weight excluding hydrogens is 326 g/mol. The quantitative estimate of drug-likeness (QED) is 0.657. The molecule has 1 aliphatic carbocycles. The maximum absolute atomic E-state index is 6.47. The monoisotopic (exact) mass is 367 g/mol. The van der Waals surface area contributed by atoms with Gasteiger partial charge in [-0.3, -0.25) is 0 Å². The van der Waals surface area contributed by atoms with Crippen molar-refractivity contribution in [3.05, 3.63) is 0 Å². The first-order valence-corrected chi connectivity index (χ1v) is 11.1. The van der Waals surface area contributed by atoms with E-state index in [-0.39, 0.29) is 11.9 Å². The van der Waals surface area contributed by atoms with Gasteiger partial charge in [0.2, 0.25) is 0 Å². The van der Waals surface area contributed by atoms with Gasteiger partial charge >= 0.3 is 0 Å². The van der Waals surface area contributed by atoms with E-state index in [9.17, 15) is 0 Å². The van der Waals surface area contributed by atoms with E-state index in [1.807, 2.05) is 0 Å². The molecule has 1 spiro atoms. The molecule has 152 valence electrons. The third kappa shape index (κ3) is 5.43. The molecule has 2 saturated heterocycles. The highest BCUT2D eigenvalue weighted by Gasteiger charge is 2.45. The minimum absolute atomic E-state index is 0.267. The number of nitrogens with zero attached hydrogens (tertiary/aromatic N) is 1. The Bertz CT molecular complexity index is 420. The first kappa shape index (κ1) is 20.6. The fourth-order valence-electron chi connectivity index (χ4n) is 4.96. The standard InChI is InChI=1S/C22H41NO3/c1-5-13-23(16-19-7-6-15-24-19)14-10-20-17-25-22(26-20)11-8-18(9-12-22)21(2,3)4/h18-20H,5-17H2,1-4H3. The molecule has 0 N–H and O–H groups in total. The van der Waals surface area contributed by atoms with E-state index in [4.69, 9.17) is 14.2 Å². The van der Waals surface area contributed by atoms with E-state index in [0.717, 1.165) is 58.0 Å². The molecule has 3 rings (SSSR count). The molecule has 0 amide bonds. The van der Waals surface area contributed by atoms with Crippen LogP contribution >= 0.6 is 0 Å². The largest absolute Gasteiger partial charge is 0.377 e. The van der Waals surface area contributed by atoms with Crippen LogP contribution in [0.3, 0.4) is 0 Å². The fraction of sp³-hybridized carbons (Fsp3) is 1.00. The summed E-state index contributed by atoms with van der Waals surface area (Å²) in [6.45, 7) is 14.4. The molecule has 4 nitrogen and oxygen atoms in total. The first-order chi connectivity index (χ1) is 12.4. The summed E-state index contributed by atoms with van der Waals surface area (Å²) in [4.78, 5) is 2.57. The van der Waals surface area contributed by atoms with Gasteiger partial charge < -0.3 is 19.1 Å². The molecule has 3 fully saturated rings. The van der Waals surface area contributed by atoms with Gasteiger partial charge in [-0.25, -0.2) is 0 Å². The summed E-state index contributed by atoms with van der Waals surface area (Å²) in [5.41, 5.74) is 0.405. The van der Waals surface area contributed by atoms with Crippen molar-refractivity contribution >= 4 is 0 Å². The highest BCUT2D eigenvalue weighted by Crippen LogP contribution is 2.45. The molecule has 26 heavy (non-hydrogen) atoms. The second-order valence-electron chi connectivity index (χ2n) is 9.83. The van der Waals surface area contributed by atoms with Gasteiger partial charge in [0.15, 0.2) is 5.79 Å². The van der Waals surface area contributed by atoms with E-state index in [0.29, 0.717) is 11.5 Å². The Morgan fingerprint density at radius 2 is 1.81 bits per heavy atom. The Morgan fingerprint density at radius 3 is 2.42 bits per heavy atom. The lowest BCUT2D eigenvalue weighted by atomic mass is 9.71. The van der Waals surface area contributed by atoms with Crippen LogP contribution in [-0.4, -0.2) is 55.7 Å². The Morgan fingerprint density at radius 1 is 1.04 bits per heavy atom. The number of hydrogen-bond acceptors (Lipinski definition) is 4. The minimum Gasteiger partial charge on any atom is -0.377 e. The summed E-state index contributed by atoms with van der Waals surface area (Å²) in [6.07, 6.45) is 10.0. The summed E-state index contributed by atoms with van der Waals surface area (Å²) in [5, 5.41) is 0. The molecule has 1 saturated carbocycles. The van der Waals surface area contributed by atoms with Crippen LogP contribution in [0.5, 0.6) is 0 Å². The van der Waals surface area contributed by atoms with Crippen LogP contribution in [0.2, 0.25) is 0 Å². The lowest BCUT2D eigenvalue weighted by molar-refractivity contribution is -0.197. The maximum Gasteiger partial charge on any atom is 0.168 e. The highest BCUT2D eigenvalue weighted by molar-refractivity contribution is 4.89. The summed E-state index contributed by atoms with van der Waals surface area (Å²) < 4.78 is 18.5. The summed E-state index contributed by atoms with van der Waals surface area (Å²) in [7, 11) is 0. The molecule has 3 aliphatic rings. The number of rotatable bonds is 7. The van der Waals surface area contributed by atoms with Crippen LogP contribution in [-0.2, 0) is 14.2 Å². The van der Waals surface area contributed by atoms with Crippen molar-refractivity contribution < 1.29 is 14.2 Å². The highest BCUT2D eigenvalue weighted by atomic mass is 16.7. The maximum atomic E-state index is 6.47. The van der Waals surface area contributed by atoms with Gasteiger partial charge in [0.1, 0.15) is 0 Å². The zero-order chi connectivity index (χ0) is 18.6. The average molecular weight is 368 g/mol. The van der Waals surface area contributed by atoms with E-state index < -0.39 is 0 Å². The lowest BCUT2D eigenvalue weighted by Gasteiger charge is -2.41. The van der Waals surface area contributed by atoms with E-state index >= 15 is 0 Å². The van der Waals surface area contributed by atoms with Crippen LogP contribution in [0, 0.1) is 11.3 Å². The van der Waals surface area contributed by atoms with E-state index in [1.165, 1.54) is 32.1 Å². The molecule has 0 aromatic carbocycles. The Labute approximate surface area is 160 Å². The molecule has 2 heterocycles. The second-order valence-corrected chi connectivity index (χ2v) is 9.83. The van der Waals surface area contributed by atoms with Gasteiger partial charge in [-0.1, -0.05) is 27.7 Å². The first-order valence-electron chi connectivity index (χ1n) is 11.1. The number of ether oxygens (including phenoxy) is 3. The average Bonchev–Trinajstić information content (AvgIpc) is 3.23. The van der Waals surface area contributed by atoms with Crippen LogP contribution in [0.1, 0.15) is 79.1 Å². The molecule has 2 atom stereocenters. The van der Waals surface area contributed by atoms with E-state index in [2.05, 4.69) is 32.6 Å². The molecule has 4 heteroatoms. The SMILES string of the molecule is CCCN(CCC1COC2(CCC(C(C)(C)C)CC2)O1)CC1CCCO1. The van der Waals surface area contributed by atoms with Crippen molar-refractivity contribution in [2.75, 3.05) is 32.8 Å². The van der Waals surface area contributed by atoms with Crippen LogP contribution < -0.4 is 0 Å². The van der Waals surface area contributed by atoms with Crippen molar-refractivity contribution in [2.45, 2.75) is 97.1 Å². The Hall–Kier alpha value is -0.160. The van der Waals surface area contributed by atoms with Crippen molar-refractivity contribution in [3.8, 4) is 0 Å². The van der Waals surface area contributed by atoms with Crippen LogP contribution in [0.15, 0.2) is 0 Å². The van der Waals surface area contributed by atoms with Crippen molar-refractivity contribution in [2.24, 2.45) is 11.3 Å². The van der Waals surface area contributed by atoms with Crippen molar-refractivity contribution in [1.82, 2.24) is 4.90 Å². The van der Waals surface area contributed by atoms with Gasteiger partial charge in [0.25, 0.3) is 0 Å². The topological polar surface area (TPSA) is 30.9 Å². The zero-order valence-corrected chi connectivity index (χ0v) is 17.6. The molecular formula is C22H41NO3. The zero-order valence-electron chi connectivity index (χ0n) is 17.6.